The van der Waals surface area contributed by atoms with Crippen molar-refractivity contribution in [1.29, 1.82) is 0 Å². The monoisotopic (exact) mass is 389 g/mol. The Labute approximate surface area is 163 Å². The number of unbranched alkanes of at least 4 members (excludes halogenated alkanes) is 2. The van der Waals surface area contributed by atoms with Gasteiger partial charge in [0.1, 0.15) is 0 Å². The van der Waals surface area contributed by atoms with Crippen molar-refractivity contribution in [2.45, 2.75) is 39.0 Å². The summed E-state index contributed by atoms with van der Waals surface area (Å²) in [5, 5.41) is 0. The summed E-state index contributed by atoms with van der Waals surface area (Å²) in [6.45, 7) is 4.16. The van der Waals surface area contributed by atoms with Crippen molar-refractivity contribution in [3.05, 3.63) is 59.4 Å². The molecule has 0 bridgehead atoms. The summed E-state index contributed by atoms with van der Waals surface area (Å²) in [6, 6.07) is 13.8. The van der Waals surface area contributed by atoms with Crippen molar-refractivity contribution < 1.29 is 8.42 Å². The summed E-state index contributed by atoms with van der Waals surface area (Å²) in [5.74, 6) is 0. The second kappa shape index (κ2) is 10.4. The summed E-state index contributed by atoms with van der Waals surface area (Å²) < 4.78 is 24.9. The highest BCUT2D eigenvalue weighted by Gasteiger charge is 2.03. The van der Waals surface area contributed by atoms with Crippen molar-refractivity contribution in [3.8, 4) is 0 Å². The molecule has 0 fully saturated rings. The predicted molar refractivity (Wildman–Crippen MR) is 113 cm³/mol. The van der Waals surface area contributed by atoms with E-state index in [9.17, 15) is 8.42 Å². The molecule has 0 saturated carbocycles. The number of benzene rings is 1. The first-order valence-electron chi connectivity index (χ1n) is 9.50. The van der Waals surface area contributed by atoms with Gasteiger partial charge in [-0.25, -0.2) is 8.42 Å². The van der Waals surface area contributed by atoms with Crippen molar-refractivity contribution >= 4 is 15.7 Å². The second-order valence-electron chi connectivity index (χ2n) is 7.21. The normalized spacial score (nSPS) is 11.7. The molecule has 0 unspecified atom stereocenters. The van der Waals surface area contributed by atoms with E-state index in [1.165, 1.54) is 18.4 Å². The molecule has 0 aliphatic carbocycles. The zero-order chi connectivity index (χ0) is 19.7. The zero-order valence-corrected chi connectivity index (χ0v) is 17.4. The first kappa shape index (κ1) is 21.4. The molecule has 0 aliphatic rings. The van der Waals surface area contributed by atoms with Crippen LogP contribution >= 0.6 is 0 Å². The average molecular weight is 390 g/mol. The maximum atomic E-state index is 11.2. The molecule has 1 heterocycles. The van der Waals surface area contributed by atoms with Crippen LogP contribution in [0.2, 0.25) is 0 Å². The number of aromatic nitrogens is 1. The number of pyridine rings is 1. The van der Waals surface area contributed by atoms with Crippen LogP contribution in [0.25, 0.3) is 0 Å². The van der Waals surface area contributed by atoms with Crippen LogP contribution in [0.15, 0.2) is 42.5 Å². The number of likely N-dealkylation sites (N-methyl/N-ethyl adjacent to an activating group) is 1. The number of aryl methyl sites for hydroxylation is 2. The van der Waals surface area contributed by atoms with E-state index < -0.39 is 10.0 Å². The summed E-state index contributed by atoms with van der Waals surface area (Å²) in [7, 11) is -1.04. The number of anilines is 1. The largest absolute Gasteiger partial charge is 0.306 e. The molecule has 0 radical (unpaired) electrons. The third-order valence-corrected chi connectivity index (χ3v) is 5.06. The minimum absolute atomic E-state index is 0.617. The van der Waals surface area contributed by atoms with E-state index >= 15 is 0 Å². The summed E-state index contributed by atoms with van der Waals surface area (Å²) in [6.07, 6.45) is 6.70. The minimum Gasteiger partial charge on any atom is -0.306 e. The van der Waals surface area contributed by atoms with Crippen LogP contribution < -0.4 is 4.72 Å². The molecule has 2 aromatic rings. The number of sulfonamides is 1. The number of nitrogens with one attached hydrogen (secondary N) is 1. The Bertz CT molecular complexity index is 804. The Morgan fingerprint density at radius 1 is 0.963 bits per heavy atom. The SMILES string of the molecule is Cc1cccc(CCN(C)CCCCCc2ccc(NS(C)(=O)=O)cc2)n1. The van der Waals surface area contributed by atoms with Gasteiger partial charge in [0.05, 0.1) is 6.26 Å². The Balaban J connectivity index is 1.59. The van der Waals surface area contributed by atoms with Gasteiger partial charge < -0.3 is 4.90 Å². The lowest BCUT2D eigenvalue weighted by atomic mass is 10.1. The van der Waals surface area contributed by atoms with Crippen LogP contribution in [0, 0.1) is 6.92 Å². The molecule has 1 aromatic carbocycles. The van der Waals surface area contributed by atoms with E-state index in [-0.39, 0.29) is 0 Å². The highest BCUT2D eigenvalue weighted by Crippen LogP contribution is 2.13. The molecule has 27 heavy (non-hydrogen) atoms. The van der Waals surface area contributed by atoms with Crippen molar-refractivity contribution in [1.82, 2.24) is 9.88 Å². The first-order chi connectivity index (χ1) is 12.8. The lowest BCUT2D eigenvalue weighted by Gasteiger charge is -2.16. The Morgan fingerprint density at radius 2 is 1.70 bits per heavy atom. The van der Waals surface area contributed by atoms with Crippen molar-refractivity contribution in [2.75, 3.05) is 31.1 Å². The molecular weight excluding hydrogens is 358 g/mol. The molecule has 1 N–H and O–H groups in total. The van der Waals surface area contributed by atoms with E-state index in [2.05, 4.69) is 33.8 Å². The highest BCUT2D eigenvalue weighted by atomic mass is 32.2. The summed E-state index contributed by atoms with van der Waals surface area (Å²) in [5.41, 5.74) is 4.10. The molecule has 0 aliphatic heterocycles. The number of rotatable bonds is 11. The summed E-state index contributed by atoms with van der Waals surface area (Å²) >= 11 is 0. The molecular formula is C21H31N3O2S. The maximum absolute atomic E-state index is 11.2. The van der Waals surface area contributed by atoms with Crippen LogP contribution in [0.1, 0.15) is 36.2 Å². The van der Waals surface area contributed by atoms with Crippen molar-refractivity contribution in [3.63, 3.8) is 0 Å². The van der Waals surface area contributed by atoms with Crippen LogP contribution in [0.3, 0.4) is 0 Å². The zero-order valence-electron chi connectivity index (χ0n) is 16.6. The maximum Gasteiger partial charge on any atom is 0.229 e. The average Bonchev–Trinajstić information content (AvgIpc) is 2.60. The van der Waals surface area contributed by atoms with E-state index in [1.54, 1.807) is 0 Å². The fourth-order valence-electron chi connectivity index (χ4n) is 3.00. The molecule has 5 nitrogen and oxygen atoms in total. The quantitative estimate of drug-likeness (QED) is 0.596. The molecule has 0 amide bonds. The van der Waals surface area contributed by atoms with E-state index in [4.69, 9.17) is 0 Å². The second-order valence-corrected chi connectivity index (χ2v) is 8.95. The highest BCUT2D eigenvalue weighted by molar-refractivity contribution is 7.92. The molecule has 1 aromatic heterocycles. The topological polar surface area (TPSA) is 62.3 Å². The van der Waals surface area contributed by atoms with Gasteiger partial charge in [0.2, 0.25) is 10.0 Å². The fourth-order valence-corrected chi connectivity index (χ4v) is 3.56. The van der Waals surface area contributed by atoms with Gasteiger partial charge in [0.25, 0.3) is 0 Å². The van der Waals surface area contributed by atoms with Gasteiger partial charge in [-0.2, -0.15) is 0 Å². The fraction of sp³-hybridized carbons (Fsp3) is 0.476. The third-order valence-electron chi connectivity index (χ3n) is 4.46. The molecule has 6 heteroatoms. The summed E-state index contributed by atoms with van der Waals surface area (Å²) in [4.78, 5) is 6.92. The van der Waals surface area contributed by atoms with Gasteiger partial charge in [0, 0.05) is 30.0 Å². The first-order valence-corrected chi connectivity index (χ1v) is 11.4. The number of hydrogen-bond acceptors (Lipinski definition) is 4. The van der Waals surface area contributed by atoms with Gasteiger partial charge in [-0.15, -0.1) is 0 Å². The number of hydrogen-bond donors (Lipinski definition) is 1. The van der Waals surface area contributed by atoms with Crippen molar-refractivity contribution in [2.24, 2.45) is 0 Å². The molecule has 0 spiro atoms. The van der Waals surface area contributed by atoms with Crippen LogP contribution in [0.5, 0.6) is 0 Å². The van der Waals surface area contributed by atoms with Gasteiger partial charge in [-0.3, -0.25) is 9.71 Å². The molecule has 0 saturated heterocycles. The third kappa shape index (κ3) is 9.02. The number of nitrogens with zero attached hydrogens (tertiary/aromatic N) is 2. The molecule has 0 atom stereocenters. The lowest BCUT2D eigenvalue weighted by molar-refractivity contribution is 0.327. The molecule has 148 valence electrons. The lowest BCUT2D eigenvalue weighted by Crippen LogP contribution is -2.22. The van der Waals surface area contributed by atoms with E-state index in [0.29, 0.717) is 5.69 Å². The van der Waals surface area contributed by atoms with Gasteiger partial charge in [0.15, 0.2) is 0 Å². The Kier molecular flexibility index (Phi) is 8.25. The Morgan fingerprint density at radius 3 is 2.37 bits per heavy atom. The van der Waals surface area contributed by atoms with Crippen LogP contribution in [0.4, 0.5) is 5.69 Å². The smallest absolute Gasteiger partial charge is 0.229 e. The van der Waals surface area contributed by atoms with Gasteiger partial charge >= 0.3 is 0 Å². The van der Waals surface area contributed by atoms with Crippen LogP contribution in [-0.4, -0.2) is 44.7 Å². The van der Waals surface area contributed by atoms with Crippen LogP contribution in [-0.2, 0) is 22.9 Å². The molecule has 2 rings (SSSR count). The predicted octanol–water partition coefficient (Wildman–Crippen LogP) is 3.65. The van der Waals surface area contributed by atoms with E-state index in [0.717, 1.165) is 50.0 Å². The standard InChI is InChI=1S/C21H31N3O2S/c1-18-8-7-10-20(22-18)15-17-24(2)16-6-4-5-9-19-11-13-21(14-12-19)23-27(3,25)26/h7-8,10-14,23H,4-6,9,15-17H2,1-3H3. The van der Waals surface area contributed by atoms with Gasteiger partial charge in [-0.1, -0.05) is 24.6 Å². The Hall–Kier alpha value is -1.92. The minimum atomic E-state index is -3.21. The van der Waals surface area contributed by atoms with Gasteiger partial charge in [-0.05, 0) is 69.6 Å². The van der Waals surface area contributed by atoms with E-state index in [1.807, 2.05) is 37.3 Å².